The summed E-state index contributed by atoms with van der Waals surface area (Å²) in [5.74, 6) is 2.01. The van der Waals surface area contributed by atoms with Gasteiger partial charge < -0.3 is 9.84 Å². The van der Waals surface area contributed by atoms with Crippen molar-refractivity contribution in [3.8, 4) is 0 Å². The third-order valence-corrected chi connectivity index (χ3v) is 9.95. The predicted molar refractivity (Wildman–Crippen MR) is 96.8 cm³/mol. The largest absolute Gasteiger partial charge is 0.388 e. The van der Waals surface area contributed by atoms with Crippen LogP contribution in [0.2, 0.25) is 0 Å². The molecule has 25 heavy (non-hydrogen) atoms. The number of piperidine rings is 1. The van der Waals surface area contributed by atoms with Crippen molar-refractivity contribution in [2.24, 2.45) is 34.0 Å². The number of ether oxygens (including phenoxy) is 1. The van der Waals surface area contributed by atoms with Gasteiger partial charge in [-0.1, -0.05) is 19.9 Å². The average Bonchev–Trinajstić information content (AvgIpc) is 3.12. The molecule has 4 bridgehead atoms. The minimum atomic E-state index is -0.259. The second-order valence-corrected chi connectivity index (χ2v) is 10.6. The average molecular weight is 344 g/mol. The summed E-state index contributed by atoms with van der Waals surface area (Å²) in [4.78, 5) is 2.69. The Morgan fingerprint density at radius 1 is 1.16 bits per heavy atom. The van der Waals surface area contributed by atoms with Gasteiger partial charge in [0.2, 0.25) is 0 Å². The van der Waals surface area contributed by atoms with Gasteiger partial charge in [-0.2, -0.15) is 0 Å². The van der Waals surface area contributed by atoms with E-state index >= 15 is 0 Å². The zero-order valence-corrected chi connectivity index (χ0v) is 15.7. The summed E-state index contributed by atoms with van der Waals surface area (Å²) in [5, 5.41) is 11.3. The van der Waals surface area contributed by atoms with E-state index in [1.54, 1.807) is 0 Å². The number of aliphatic hydroxyl groups is 1. The Morgan fingerprint density at radius 2 is 2.04 bits per heavy atom. The third kappa shape index (κ3) is 1.62. The molecule has 0 aromatic carbocycles. The van der Waals surface area contributed by atoms with Crippen LogP contribution in [0.1, 0.15) is 58.3 Å². The van der Waals surface area contributed by atoms with Gasteiger partial charge in [0, 0.05) is 23.9 Å². The molecule has 0 aromatic heterocycles. The molecule has 6 rings (SSSR count). The first kappa shape index (κ1) is 15.7. The van der Waals surface area contributed by atoms with Gasteiger partial charge in [-0.05, 0) is 73.7 Å². The van der Waals surface area contributed by atoms with Crippen LogP contribution in [0.3, 0.4) is 0 Å². The molecule has 4 aliphatic carbocycles. The van der Waals surface area contributed by atoms with E-state index in [1.807, 2.05) is 0 Å². The lowest BCUT2D eigenvalue weighted by Crippen LogP contribution is -2.71. The van der Waals surface area contributed by atoms with Gasteiger partial charge in [-0.15, -0.1) is 0 Å². The standard InChI is InChI=1S/C22H33NO2/c1-14-15-4-5-17-21(12-15,18(14)24)9-6-16-20(2)7-3-8-22(16,17)19-23(13-20)10-11-25-19/h15-19,24H,1,3-13H2,2H3/t15-,16-,17-,18-,19?,20+,21-,22+/m1/s1. The Bertz CT molecular complexity index is 634. The molecular formula is C22H33NO2. The van der Waals surface area contributed by atoms with Crippen LogP contribution in [0.15, 0.2) is 12.2 Å². The normalized spacial score (nSPS) is 60.1. The molecule has 1 N–H and O–H groups in total. The second-order valence-electron chi connectivity index (χ2n) is 10.6. The van der Waals surface area contributed by atoms with Gasteiger partial charge >= 0.3 is 0 Å². The first-order chi connectivity index (χ1) is 12.0. The van der Waals surface area contributed by atoms with Crippen molar-refractivity contribution in [2.45, 2.75) is 70.6 Å². The quantitative estimate of drug-likeness (QED) is 0.683. The number of fused-ring (bicyclic) bond motifs is 2. The molecule has 0 aromatic rings. The lowest BCUT2D eigenvalue weighted by atomic mass is 9.38. The Kier molecular flexibility index (Phi) is 2.95. The number of rotatable bonds is 0. The van der Waals surface area contributed by atoms with E-state index in [0.717, 1.165) is 24.6 Å². The molecule has 2 heterocycles. The van der Waals surface area contributed by atoms with Crippen molar-refractivity contribution in [3.63, 3.8) is 0 Å². The predicted octanol–water partition coefficient (Wildman–Crippen LogP) is 3.58. The molecule has 8 atom stereocenters. The van der Waals surface area contributed by atoms with Crippen LogP contribution in [0.25, 0.3) is 0 Å². The summed E-state index contributed by atoms with van der Waals surface area (Å²) in [6, 6.07) is 0. The van der Waals surface area contributed by atoms with Crippen LogP contribution in [0, 0.1) is 34.0 Å². The number of hydrogen-bond donors (Lipinski definition) is 1. The molecule has 2 saturated heterocycles. The lowest BCUT2D eigenvalue weighted by Gasteiger charge is -2.70. The summed E-state index contributed by atoms with van der Waals surface area (Å²) >= 11 is 0. The number of nitrogens with zero attached hydrogens (tertiary/aromatic N) is 1. The van der Waals surface area contributed by atoms with E-state index in [-0.39, 0.29) is 16.9 Å². The molecule has 0 amide bonds. The Hall–Kier alpha value is -0.380. The van der Waals surface area contributed by atoms with Crippen molar-refractivity contribution in [2.75, 3.05) is 19.7 Å². The number of hydrogen-bond acceptors (Lipinski definition) is 3. The van der Waals surface area contributed by atoms with Gasteiger partial charge in [0.1, 0.15) is 6.23 Å². The molecule has 3 heteroatoms. The molecular weight excluding hydrogens is 310 g/mol. The van der Waals surface area contributed by atoms with E-state index in [2.05, 4.69) is 18.4 Å². The highest BCUT2D eigenvalue weighted by Gasteiger charge is 2.73. The summed E-state index contributed by atoms with van der Waals surface area (Å²) in [6.07, 6.45) is 10.4. The smallest absolute Gasteiger partial charge is 0.117 e. The molecule has 4 saturated carbocycles. The molecule has 1 unspecified atom stereocenters. The number of aliphatic hydroxyl groups excluding tert-OH is 1. The van der Waals surface area contributed by atoms with Crippen molar-refractivity contribution in [1.82, 2.24) is 4.90 Å². The SMILES string of the molecule is C=C1[C@@H]2CC[C@@H]3[C@@](CC[C@@H]4[C@@]5(C)CCC[C@]43C3OCCN3C5)(C2)[C@@H]1O. The first-order valence-electron chi connectivity index (χ1n) is 10.7. The lowest BCUT2D eigenvalue weighted by molar-refractivity contribution is -0.276. The fourth-order valence-corrected chi connectivity index (χ4v) is 9.31. The van der Waals surface area contributed by atoms with Crippen molar-refractivity contribution >= 4 is 0 Å². The van der Waals surface area contributed by atoms with Crippen LogP contribution in [0.4, 0.5) is 0 Å². The van der Waals surface area contributed by atoms with E-state index in [4.69, 9.17) is 4.74 Å². The van der Waals surface area contributed by atoms with Gasteiger partial charge in [0.05, 0.1) is 12.7 Å². The van der Waals surface area contributed by atoms with Crippen LogP contribution < -0.4 is 0 Å². The van der Waals surface area contributed by atoms with Crippen LogP contribution in [-0.2, 0) is 4.74 Å². The zero-order valence-electron chi connectivity index (χ0n) is 15.7. The fourth-order valence-electron chi connectivity index (χ4n) is 9.31. The molecule has 6 aliphatic rings. The van der Waals surface area contributed by atoms with Crippen LogP contribution in [0.5, 0.6) is 0 Å². The highest BCUT2D eigenvalue weighted by atomic mass is 16.5. The van der Waals surface area contributed by atoms with E-state index in [9.17, 15) is 5.11 Å². The van der Waals surface area contributed by atoms with Gasteiger partial charge in [-0.3, -0.25) is 4.90 Å². The molecule has 138 valence electrons. The summed E-state index contributed by atoms with van der Waals surface area (Å²) < 4.78 is 6.48. The maximum atomic E-state index is 11.3. The van der Waals surface area contributed by atoms with Gasteiger partial charge in [-0.25, -0.2) is 0 Å². The topological polar surface area (TPSA) is 32.7 Å². The van der Waals surface area contributed by atoms with Crippen molar-refractivity contribution in [3.05, 3.63) is 12.2 Å². The Labute approximate surface area is 151 Å². The molecule has 2 aliphatic heterocycles. The zero-order chi connectivity index (χ0) is 17.0. The molecule has 6 fully saturated rings. The summed E-state index contributed by atoms with van der Waals surface area (Å²) in [5.41, 5.74) is 2.03. The monoisotopic (exact) mass is 343 g/mol. The van der Waals surface area contributed by atoms with Crippen LogP contribution in [-0.4, -0.2) is 42.0 Å². The maximum absolute atomic E-state index is 11.3. The van der Waals surface area contributed by atoms with Gasteiger partial charge in [0.25, 0.3) is 0 Å². The van der Waals surface area contributed by atoms with Crippen LogP contribution >= 0.6 is 0 Å². The molecule has 0 radical (unpaired) electrons. The van der Waals surface area contributed by atoms with Gasteiger partial charge in [0.15, 0.2) is 0 Å². The first-order valence-corrected chi connectivity index (χ1v) is 10.7. The maximum Gasteiger partial charge on any atom is 0.117 e. The van der Waals surface area contributed by atoms with E-state index in [0.29, 0.717) is 23.5 Å². The van der Waals surface area contributed by atoms with Crippen molar-refractivity contribution < 1.29 is 9.84 Å². The Morgan fingerprint density at radius 3 is 2.92 bits per heavy atom. The highest BCUT2D eigenvalue weighted by molar-refractivity contribution is 5.29. The second kappa shape index (κ2) is 4.72. The third-order valence-electron chi connectivity index (χ3n) is 9.95. The minimum absolute atomic E-state index is 0.115. The molecule has 1 spiro atoms. The summed E-state index contributed by atoms with van der Waals surface area (Å²) in [6.45, 7) is 10.2. The summed E-state index contributed by atoms with van der Waals surface area (Å²) in [7, 11) is 0. The molecule has 3 nitrogen and oxygen atoms in total. The van der Waals surface area contributed by atoms with E-state index in [1.165, 1.54) is 57.9 Å². The Balaban J connectivity index is 1.53. The van der Waals surface area contributed by atoms with E-state index < -0.39 is 0 Å². The minimum Gasteiger partial charge on any atom is -0.388 e. The highest BCUT2D eigenvalue weighted by Crippen LogP contribution is 2.75. The van der Waals surface area contributed by atoms with Crippen molar-refractivity contribution in [1.29, 1.82) is 0 Å². The fraction of sp³-hybridized carbons (Fsp3) is 0.909.